The summed E-state index contributed by atoms with van der Waals surface area (Å²) in [6.07, 6.45) is -0.190. The van der Waals surface area contributed by atoms with Gasteiger partial charge in [0, 0.05) is 6.07 Å². The topological polar surface area (TPSA) is 79.9 Å². The number of aryl methyl sites for hydroxylation is 2. The van der Waals surface area contributed by atoms with Crippen molar-refractivity contribution in [2.24, 2.45) is 0 Å². The summed E-state index contributed by atoms with van der Waals surface area (Å²) < 4.78 is 6.74. The number of aromatic nitrogens is 2. The van der Waals surface area contributed by atoms with Gasteiger partial charge in [0.1, 0.15) is 11.4 Å². The van der Waals surface area contributed by atoms with Crippen molar-refractivity contribution in [2.45, 2.75) is 46.3 Å². The number of carbonyl (C=O) groups excluding carboxylic acids is 1. The molecule has 0 atom stereocenters. The fraction of sp³-hybridized carbons (Fsp3) is 0.583. The summed E-state index contributed by atoms with van der Waals surface area (Å²) >= 11 is 0. The van der Waals surface area contributed by atoms with Crippen LogP contribution >= 0.6 is 0 Å². The van der Waals surface area contributed by atoms with Gasteiger partial charge in [-0.25, -0.2) is 9.48 Å². The molecule has 0 fully saturated rings. The fourth-order valence-corrected chi connectivity index (χ4v) is 1.38. The molecule has 0 bridgehead atoms. The Balaban J connectivity index is 2.72. The van der Waals surface area contributed by atoms with Gasteiger partial charge in [-0.05, 0) is 27.7 Å². The van der Waals surface area contributed by atoms with Crippen molar-refractivity contribution < 1.29 is 9.53 Å². The average Bonchev–Trinajstić information content (AvgIpc) is 2.52. The molecule has 0 aliphatic carbocycles. The van der Waals surface area contributed by atoms with Crippen molar-refractivity contribution >= 4 is 11.9 Å². The Bertz CT molecular complexity index is 465. The zero-order valence-corrected chi connectivity index (χ0v) is 11.1. The SMILES string of the molecule is Cc1cc(NC(=O)OC(C)(C)C)n(CCC#N)n1. The van der Waals surface area contributed by atoms with Crippen molar-refractivity contribution in [3.8, 4) is 6.07 Å². The summed E-state index contributed by atoms with van der Waals surface area (Å²) in [5.41, 5.74) is 0.232. The van der Waals surface area contributed by atoms with Gasteiger partial charge in [-0.2, -0.15) is 10.4 Å². The van der Waals surface area contributed by atoms with Crippen molar-refractivity contribution in [1.29, 1.82) is 5.26 Å². The zero-order valence-electron chi connectivity index (χ0n) is 11.1. The van der Waals surface area contributed by atoms with Gasteiger partial charge >= 0.3 is 6.09 Å². The molecule has 0 aliphatic heterocycles. The molecule has 18 heavy (non-hydrogen) atoms. The van der Waals surface area contributed by atoms with Gasteiger partial charge in [-0.1, -0.05) is 0 Å². The zero-order chi connectivity index (χ0) is 13.8. The lowest BCUT2D eigenvalue weighted by molar-refractivity contribution is 0.0634. The van der Waals surface area contributed by atoms with Crippen LogP contribution in [0.2, 0.25) is 0 Å². The number of amides is 1. The molecule has 98 valence electrons. The Morgan fingerprint density at radius 2 is 2.28 bits per heavy atom. The largest absolute Gasteiger partial charge is 0.444 e. The molecule has 1 N–H and O–H groups in total. The summed E-state index contributed by atoms with van der Waals surface area (Å²) in [6, 6.07) is 3.78. The minimum atomic E-state index is -0.545. The summed E-state index contributed by atoms with van der Waals surface area (Å²) in [5.74, 6) is 0.539. The van der Waals surface area contributed by atoms with Crippen molar-refractivity contribution in [1.82, 2.24) is 9.78 Å². The van der Waals surface area contributed by atoms with Crippen molar-refractivity contribution in [3.05, 3.63) is 11.8 Å². The third kappa shape index (κ3) is 4.45. The first-order valence-corrected chi connectivity index (χ1v) is 5.73. The Labute approximate surface area is 107 Å². The number of anilines is 1. The molecular formula is C12H18N4O2. The van der Waals surface area contributed by atoms with E-state index in [1.807, 2.05) is 13.0 Å². The van der Waals surface area contributed by atoms with Crippen molar-refractivity contribution in [2.75, 3.05) is 5.32 Å². The lowest BCUT2D eigenvalue weighted by Gasteiger charge is -2.19. The van der Waals surface area contributed by atoms with E-state index in [1.54, 1.807) is 31.5 Å². The molecule has 0 aromatic carbocycles. The standard InChI is InChI=1S/C12H18N4O2/c1-9-8-10(16(15-9)7-5-6-13)14-11(17)18-12(2,3)4/h8H,5,7H2,1-4H3,(H,14,17). The highest BCUT2D eigenvalue weighted by atomic mass is 16.6. The number of nitrogens with zero attached hydrogens (tertiary/aromatic N) is 3. The van der Waals surface area contributed by atoms with Gasteiger partial charge in [0.2, 0.25) is 0 Å². The predicted molar refractivity (Wildman–Crippen MR) is 67.1 cm³/mol. The molecule has 6 heteroatoms. The second-order valence-electron chi connectivity index (χ2n) is 4.93. The summed E-state index contributed by atoms with van der Waals surface area (Å²) in [6.45, 7) is 7.65. The molecule has 0 radical (unpaired) electrons. The third-order valence-electron chi connectivity index (χ3n) is 1.97. The third-order valence-corrected chi connectivity index (χ3v) is 1.97. The average molecular weight is 250 g/mol. The molecule has 1 amide bonds. The monoisotopic (exact) mass is 250 g/mol. The molecule has 1 heterocycles. The molecule has 0 aliphatic rings. The van der Waals surface area contributed by atoms with Crippen LogP contribution in [0.3, 0.4) is 0 Å². The van der Waals surface area contributed by atoms with E-state index >= 15 is 0 Å². The maximum absolute atomic E-state index is 11.6. The van der Waals surface area contributed by atoms with E-state index in [0.29, 0.717) is 18.8 Å². The van der Waals surface area contributed by atoms with Gasteiger partial charge in [-0.15, -0.1) is 0 Å². The Morgan fingerprint density at radius 3 is 2.83 bits per heavy atom. The number of ether oxygens (including phenoxy) is 1. The highest BCUT2D eigenvalue weighted by Gasteiger charge is 2.17. The minimum absolute atomic E-state index is 0.337. The maximum atomic E-state index is 11.6. The van der Waals surface area contributed by atoms with Crippen LogP contribution in [0.25, 0.3) is 0 Å². The second kappa shape index (κ2) is 5.54. The molecule has 0 unspecified atom stereocenters. The maximum Gasteiger partial charge on any atom is 0.413 e. The van der Waals surface area contributed by atoms with Crippen LogP contribution in [-0.4, -0.2) is 21.5 Å². The van der Waals surface area contributed by atoms with E-state index in [9.17, 15) is 4.79 Å². The fourth-order valence-electron chi connectivity index (χ4n) is 1.38. The normalized spacial score (nSPS) is 10.8. The van der Waals surface area contributed by atoms with E-state index in [-0.39, 0.29) is 0 Å². The lowest BCUT2D eigenvalue weighted by Crippen LogP contribution is -2.28. The molecule has 0 spiro atoms. The number of nitriles is 1. The number of hydrogen-bond acceptors (Lipinski definition) is 4. The Morgan fingerprint density at radius 1 is 1.61 bits per heavy atom. The smallest absolute Gasteiger partial charge is 0.413 e. The van der Waals surface area contributed by atoms with Gasteiger partial charge in [0.05, 0.1) is 24.7 Å². The first-order chi connectivity index (χ1) is 8.31. The van der Waals surface area contributed by atoms with Crippen molar-refractivity contribution in [3.63, 3.8) is 0 Å². The number of nitrogens with one attached hydrogen (secondary N) is 1. The summed E-state index contributed by atoms with van der Waals surface area (Å²) in [4.78, 5) is 11.6. The van der Waals surface area contributed by atoms with E-state index in [0.717, 1.165) is 5.69 Å². The van der Waals surface area contributed by atoms with Crippen LogP contribution in [0.15, 0.2) is 6.07 Å². The molecule has 1 rings (SSSR count). The van der Waals surface area contributed by atoms with E-state index in [2.05, 4.69) is 10.4 Å². The van der Waals surface area contributed by atoms with Crippen LogP contribution in [0, 0.1) is 18.3 Å². The highest BCUT2D eigenvalue weighted by molar-refractivity contribution is 5.83. The number of carbonyl (C=O) groups is 1. The van der Waals surface area contributed by atoms with Crippen LogP contribution in [-0.2, 0) is 11.3 Å². The second-order valence-corrected chi connectivity index (χ2v) is 4.93. The van der Waals surface area contributed by atoms with Crippen LogP contribution in [0.1, 0.15) is 32.9 Å². The molecule has 1 aromatic heterocycles. The van der Waals surface area contributed by atoms with Gasteiger partial charge in [0.15, 0.2) is 0 Å². The lowest BCUT2D eigenvalue weighted by atomic mass is 10.2. The van der Waals surface area contributed by atoms with Crippen LogP contribution < -0.4 is 5.32 Å². The van der Waals surface area contributed by atoms with E-state index < -0.39 is 11.7 Å². The van der Waals surface area contributed by atoms with Gasteiger partial charge in [0.25, 0.3) is 0 Å². The predicted octanol–water partition coefficient (Wildman–Crippen LogP) is 2.45. The van der Waals surface area contributed by atoms with Crippen LogP contribution in [0.4, 0.5) is 10.6 Å². The molecule has 0 saturated heterocycles. The number of hydrogen-bond donors (Lipinski definition) is 1. The molecule has 1 aromatic rings. The molecule has 0 saturated carbocycles. The van der Waals surface area contributed by atoms with Gasteiger partial charge < -0.3 is 4.74 Å². The molecular weight excluding hydrogens is 232 g/mol. The molecule has 6 nitrogen and oxygen atoms in total. The minimum Gasteiger partial charge on any atom is -0.444 e. The van der Waals surface area contributed by atoms with Gasteiger partial charge in [-0.3, -0.25) is 5.32 Å². The highest BCUT2D eigenvalue weighted by Crippen LogP contribution is 2.13. The first-order valence-electron chi connectivity index (χ1n) is 5.73. The van der Waals surface area contributed by atoms with Crippen LogP contribution in [0.5, 0.6) is 0 Å². The first kappa shape index (κ1) is 14.0. The Hall–Kier alpha value is -2.03. The van der Waals surface area contributed by atoms with E-state index in [1.165, 1.54) is 0 Å². The number of rotatable bonds is 3. The van der Waals surface area contributed by atoms with E-state index in [4.69, 9.17) is 10.00 Å². The summed E-state index contributed by atoms with van der Waals surface area (Å²) in [5, 5.41) is 15.4. The Kier molecular flexibility index (Phi) is 4.32. The summed E-state index contributed by atoms with van der Waals surface area (Å²) in [7, 11) is 0. The quantitative estimate of drug-likeness (QED) is 0.893.